The molecule has 0 atom stereocenters. The van der Waals surface area contributed by atoms with Crippen LogP contribution in [0.2, 0.25) is 0 Å². The molecule has 146 valence electrons. The van der Waals surface area contributed by atoms with Crippen molar-refractivity contribution in [3.05, 3.63) is 64.8 Å². The number of rotatable bonds is 6. The second-order valence-electron chi connectivity index (χ2n) is 6.00. The molecule has 0 saturated carbocycles. The minimum atomic E-state index is -0.395. The summed E-state index contributed by atoms with van der Waals surface area (Å²) in [5.74, 6) is 0.755. The van der Waals surface area contributed by atoms with Crippen molar-refractivity contribution in [3.8, 4) is 17.1 Å². The maximum Gasteiger partial charge on any atom is 0.345 e. The first-order chi connectivity index (χ1) is 13.5. The van der Waals surface area contributed by atoms with Crippen molar-refractivity contribution in [2.24, 2.45) is 7.05 Å². The average molecular weight is 385 g/mol. The molecule has 1 heterocycles. The highest BCUT2D eigenvalue weighted by Crippen LogP contribution is 2.16. The highest BCUT2D eigenvalue weighted by Gasteiger charge is 2.12. The molecule has 0 spiro atoms. The fourth-order valence-electron chi connectivity index (χ4n) is 2.61. The molecule has 0 bridgehead atoms. The number of benzene rings is 2. The zero-order chi connectivity index (χ0) is 20.1. The predicted molar refractivity (Wildman–Crippen MR) is 103 cm³/mol. The lowest BCUT2D eigenvalue weighted by molar-refractivity contribution is 0.251. The number of hydrogen-bond acceptors (Lipinski definition) is 4. The Labute approximate surface area is 160 Å². The number of methoxy groups -OCH3 is 1. The number of hydrogen-bond donors (Lipinski definition) is 2. The number of carbonyl (C=O) groups is 1. The molecule has 2 amide bonds. The van der Waals surface area contributed by atoms with Crippen molar-refractivity contribution in [2.45, 2.75) is 6.54 Å². The van der Waals surface area contributed by atoms with Crippen LogP contribution < -0.4 is 21.1 Å². The Bertz CT molecular complexity index is 1010. The topological polar surface area (TPSA) is 90.2 Å². The monoisotopic (exact) mass is 385 g/mol. The minimum absolute atomic E-state index is 0.198. The van der Waals surface area contributed by atoms with Gasteiger partial charge in [0.2, 0.25) is 0 Å². The van der Waals surface area contributed by atoms with Crippen molar-refractivity contribution in [1.82, 2.24) is 19.7 Å². The molecular weight excluding hydrogens is 365 g/mol. The second kappa shape index (κ2) is 8.38. The summed E-state index contributed by atoms with van der Waals surface area (Å²) >= 11 is 0. The lowest BCUT2D eigenvalue weighted by Gasteiger charge is -2.08. The number of carbonyl (C=O) groups excluding carboxylic acids is 1. The van der Waals surface area contributed by atoms with Gasteiger partial charge in [0.15, 0.2) is 5.82 Å². The van der Waals surface area contributed by atoms with Gasteiger partial charge in [-0.05, 0) is 48.5 Å². The molecule has 1 aromatic heterocycles. The summed E-state index contributed by atoms with van der Waals surface area (Å²) < 4.78 is 20.8. The van der Waals surface area contributed by atoms with Gasteiger partial charge in [-0.1, -0.05) is 0 Å². The third-order valence-electron chi connectivity index (χ3n) is 4.10. The summed E-state index contributed by atoms with van der Waals surface area (Å²) in [4.78, 5) is 24.3. The molecule has 0 fully saturated rings. The summed E-state index contributed by atoms with van der Waals surface area (Å²) in [6, 6.07) is 12.2. The quantitative estimate of drug-likeness (QED) is 0.681. The standard InChI is InChI=1S/C19H20FN5O3/c1-24-17(13-3-5-14(20)6-4-13)23-25(19(24)27)12-11-21-18(26)22-15-7-9-16(28-2)10-8-15/h3-10H,11-12H2,1-2H3,(H2,21,22,26). The molecule has 0 aliphatic heterocycles. The average Bonchev–Trinajstić information content (AvgIpc) is 2.98. The van der Waals surface area contributed by atoms with Crippen molar-refractivity contribution in [2.75, 3.05) is 19.0 Å². The van der Waals surface area contributed by atoms with E-state index in [1.54, 1.807) is 50.6 Å². The number of nitrogens with zero attached hydrogens (tertiary/aromatic N) is 3. The number of nitrogens with one attached hydrogen (secondary N) is 2. The minimum Gasteiger partial charge on any atom is -0.497 e. The van der Waals surface area contributed by atoms with Gasteiger partial charge in [-0.25, -0.2) is 18.7 Å². The molecule has 3 aromatic rings. The third kappa shape index (κ3) is 4.37. The summed E-state index contributed by atoms with van der Waals surface area (Å²) in [5, 5.41) is 9.63. The molecule has 2 N–H and O–H groups in total. The highest BCUT2D eigenvalue weighted by atomic mass is 19.1. The Morgan fingerprint density at radius 1 is 1.14 bits per heavy atom. The van der Waals surface area contributed by atoms with Gasteiger partial charge in [-0.3, -0.25) is 4.57 Å². The summed E-state index contributed by atoms with van der Waals surface area (Å²) in [6.07, 6.45) is 0. The smallest absolute Gasteiger partial charge is 0.345 e. The Morgan fingerprint density at radius 2 is 1.82 bits per heavy atom. The van der Waals surface area contributed by atoms with Gasteiger partial charge < -0.3 is 15.4 Å². The first kappa shape index (κ1) is 19.2. The van der Waals surface area contributed by atoms with Crippen LogP contribution in [-0.4, -0.2) is 34.0 Å². The third-order valence-corrected chi connectivity index (χ3v) is 4.10. The molecule has 0 aliphatic carbocycles. The van der Waals surface area contributed by atoms with Crippen LogP contribution in [0.3, 0.4) is 0 Å². The molecule has 9 heteroatoms. The van der Waals surface area contributed by atoms with E-state index in [0.29, 0.717) is 22.8 Å². The van der Waals surface area contributed by atoms with Gasteiger partial charge in [0.1, 0.15) is 11.6 Å². The normalized spacial score (nSPS) is 10.5. The van der Waals surface area contributed by atoms with E-state index < -0.39 is 6.03 Å². The maximum atomic E-state index is 13.1. The van der Waals surface area contributed by atoms with Crippen molar-refractivity contribution in [3.63, 3.8) is 0 Å². The second-order valence-corrected chi connectivity index (χ2v) is 6.00. The van der Waals surface area contributed by atoms with Gasteiger partial charge in [-0.2, -0.15) is 0 Å². The van der Waals surface area contributed by atoms with Gasteiger partial charge in [0, 0.05) is 24.8 Å². The molecule has 2 aromatic carbocycles. The molecule has 0 radical (unpaired) electrons. The van der Waals surface area contributed by atoms with Crippen LogP contribution in [0.25, 0.3) is 11.4 Å². The van der Waals surface area contributed by atoms with Crippen LogP contribution in [-0.2, 0) is 13.6 Å². The van der Waals surface area contributed by atoms with E-state index in [4.69, 9.17) is 4.74 Å². The largest absolute Gasteiger partial charge is 0.497 e. The van der Waals surface area contributed by atoms with E-state index in [9.17, 15) is 14.0 Å². The van der Waals surface area contributed by atoms with E-state index in [2.05, 4.69) is 15.7 Å². The zero-order valence-corrected chi connectivity index (χ0v) is 15.5. The highest BCUT2D eigenvalue weighted by molar-refractivity contribution is 5.89. The number of aromatic nitrogens is 3. The van der Waals surface area contributed by atoms with Gasteiger partial charge in [0.05, 0.1) is 13.7 Å². The van der Waals surface area contributed by atoms with Crippen LogP contribution in [0, 0.1) is 5.82 Å². The fourth-order valence-corrected chi connectivity index (χ4v) is 2.61. The van der Waals surface area contributed by atoms with Crippen LogP contribution >= 0.6 is 0 Å². The Hall–Kier alpha value is -3.62. The van der Waals surface area contributed by atoms with Crippen LogP contribution in [0.5, 0.6) is 5.75 Å². The van der Waals surface area contributed by atoms with Crippen LogP contribution in [0.4, 0.5) is 14.9 Å². The van der Waals surface area contributed by atoms with Crippen molar-refractivity contribution in [1.29, 1.82) is 0 Å². The number of ether oxygens (including phenoxy) is 1. The van der Waals surface area contributed by atoms with Gasteiger partial charge >= 0.3 is 11.7 Å². The predicted octanol–water partition coefficient (Wildman–Crippen LogP) is 2.22. The van der Waals surface area contributed by atoms with E-state index in [-0.39, 0.29) is 24.6 Å². The SMILES string of the molecule is COc1ccc(NC(=O)NCCn2nc(-c3ccc(F)cc3)n(C)c2=O)cc1. The molecule has 28 heavy (non-hydrogen) atoms. The molecule has 8 nitrogen and oxygen atoms in total. The van der Waals surface area contributed by atoms with E-state index >= 15 is 0 Å². The Balaban J connectivity index is 1.58. The van der Waals surface area contributed by atoms with E-state index in [1.165, 1.54) is 21.4 Å². The van der Waals surface area contributed by atoms with E-state index in [0.717, 1.165) is 0 Å². The van der Waals surface area contributed by atoms with Crippen molar-refractivity contribution >= 4 is 11.7 Å². The summed E-state index contributed by atoms with van der Waals surface area (Å²) in [5.41, 5.74) is 0.925. The molecule has 3 rings (SSSR count). The maximum absolute atomic E-state index is 13.1. The lowest BCUT2D eigenvalue weighted by atomic mass is 10.2. The van der Waals surface area contributed by atoms with Crippen LogP contribution in [0.15, 0.2) is 53.3 Å². The van der Waals surface area contributed by atoms with Crippen LogP contribution in [0.1, 0.15) is 0 Å². The number of anilines is 1. The van der Waals surface area contributed by atoms with E-state index in [1.807, 2.05) is 0 Å². The Kier molecular flexibility index (Phi) is 5.73. The first-order valence-electron chi connectivity index (χ1n) is 8.56. The molecule has 0 aliphatic rings. The van der Waals surface area contributed by atoms with Gasteiger partial charge in [-0.15, -0.1) is 5.10 Å². The van der Waals surface area contributed by atoms with Gasteiger partial charge in [0.25, 0.3) is 0 Å². The zero-order valence-electron chi connectivity index (χ0n) is 15.5. The number of halogens is 1. The van der Waals surface area contributed by atoms with Crippen molar-refractivity contribution < 1.29 is 13.9 Å². The molecular formula is C19H20FN5O3. The molecule has 0 saturated heterocycles. The number of urea groups is 1. The summed E-state index contributed by atoms with van der Waals surface area (Å²) in [7, 11) is 3.16. The Morgan fingerprint density at radius 3 is 2.46 bits per heavy atom. The first-order valence-corrected chi connectivity index (χ1v) is 8.56. The molecule has 0 unspecified atom stereocenters. The lowest BCUT2D eigenvalue weighted by Crippen LogP contribution is -2.34. The summed E-state index contributed by atoms with van der Waals surface area (Å²) in [6.45, 7) is 0.408. The number of amides is 2. The fraction of sp³-hybridized carbons (Fsp3) is 0.211.